The van der Waals surface area contributed by atoms with Crippen molar-refractivity contribution in [3.63, 3.8) is 0 Å². The molecule has 29 heavy (non-hydrogen) atoms. The molecule has 2 aromatic carbocycles. The predicted octanol–water partition coefficient (Wildman–Crippen LogP) is 6.24. The maximum Gasteiger partial charge on any atom is 0.129 e. The summed E-state index contributed by atoms with van der Waals surface area (Å²) in [6.07, 6.45) is 9.40. The summed E-state index contributed by atoms with van der Waals surface area (Å²) >= 11 is 0. The Morgan fingerprint density at radius 2 is 1.28 bits per heavy atom. The molecule has 0 bridgehead atoms. The SMILES string of the molecule is CCCCCCCCOc1ccc(CCc2c(OC)cc(OC)cc2OC)cc1. The van der Waals surface area contributed by atoms with Crippen molar-refractivity contribution in [3.8, 4) is 23.0 Å². The van der Waals surface area contributed by atoms with E-state index in [0.717, 1.165) is 54.4 Å². The average molecular weight is 401 g/mol. The number of aryl methyl sites for hydroxylation is 1. The lowest BCUT2D eigenvalue weighted by Crippen LogP contribution is -2.01. The molecule has 0 aromatic heterocycles. The minimum Gasteiger partial charge on any atom is -0.496 e. The van der Waals surface area contributed by atoms with Crippen LogP contribution in [-0.4, -0.2) is 27.9 Å². The van der Waals surface area contributed by atoms with Crippen LogP contribution < -0.4 is 18.9 Å². The Hall–Kier alpha value is -2.36. The fourth-order valence-electron chi connectivity index (χ4n) is 3.42. The minimum atomic E-state index is 0.731. The van der Waals surface area contributed by atoms with Crippen LogP contribution in [0, 0.1) is 0 Å². The van der Waals surface area contributed by atoms with E-state index in [0.29, 0.717) is 0 Å². The van der Waals surface area contributed by atoms with E-state index in [1.54, 1.807) is 21.3 Å². The van der Waals surface area contributed by atoms with Crippen molar-refractivity contribution in [2.75, 3.05) is 27.9 Å². The van der Waals surface area contributed by atoms with Crippen molar-refractivity contribution < 1.29 is 18.9 Å². The third-order valence-electron chi connectivity index (χ3n) is 5.17. The van der Waals surface area contributed by atoms with E-state index in [1.807, 2.05) is 12.1 Å². The first kappa shape index (κ1) is 22.9. The van der Waals surface area contributed by atoms with E-state index >= 15 is 0 Å². The molecule has 0 amide bonds. The normalized spacial score (nSPS) is 10.6. The van der Waals surface area contributed by atoms with Crippen molar-refractivity contribution in [3.05, 3.63) is 47.5 Å². The van der Waals surface area contributed by atoms with Crippen molar-refractivity contribution in [1.29, 1.82) is 0 Å². The number of hydrogen-bond donors (Lipinski definition) is 0. The summed E-state index contributed by atoms with van der Waals surface area (Å²) in [6.45, 7) is 3.04. The van der Waals surface area contributed by atoms with Crippen LogP contribution in [0.25, 0.3) is 0 Å². The highest BCUT2D eigenvalue weighted by Gasteiger charge is 2.13. The van der Waals surface area contributed by atoms with Crippen molar-refractivity contribution in [2.45, 2.75) is 58.3 Å². The molecule has 160 valence electrons. The first-order chi connectivity index (χ1) is 14.2. The molecule has 0 fully saturated rings. The Balaban J connectivity index is 1.84. The maximum atomic E-state index is 5.87. The van der Waals surface area contributed by atoms with Crippen LogP contribution in [0.2, 0.25) is 0 Å². The van der Waals surface area contributed by atoms with Gasteiger partial charge in [-0.25, -0.2) is 0 Å². The van der Waals surface area contributed by atoms with Crippen molar-refractivity contribution in [2.24, 2.45) is 0 Å². The summed E-state index contributed by atoms with van der Waals surface area (Å²) in [5.74, 6) is 3.26. The van der Waals surface area contributed by atoms with Crippen LogP contribution in [0.1, 0.15) is 56.6 Å². The zero-order valence-corrected chi connectivity index (χ0v) is 18.5. The first-order valence-corrected chi connectivity index (χ1v) is 10.7. The topological polar surface area (TPSA) is 36.9 Å². The second-order valence-corrected chi connectivity index (χ2v) is 7.27. The number of rotatable bonds is 14. The zero-order chi connectivity index (χ0) is 20.9. The monoisotopic (exact) mass is 400 g/mol. The number of ether oxygens (including phenoxy) is 4. The molecule has 0 N–H and O–H groups in total. The minimum absolute atomic E-state index is 0.731. The largest absolute Gasteiger partial charge is 0.496 e. The standard InChI is InChI=1S/C25H36O4/c1-5-6-7-8-9-10-17-29-21-14-11-20(12-15-21)13-16-23-24(27-3)18-22(26-2)19-25(23)28-4/h11-12,14-15,18-19H,5-10,13,16-17H2,1-4H3. The Kier molecular flexibility index (Phi) is 10.3. The molecule has 0 unspecified atom stereocenters. The van der Waals surface area contributed by atoms with Gasteiger partial charge in [0.1, 0.15) is 23.0 Å². The summed E-state index contributed by atoms with van der Waals surface area (Å²) in [4.78, 5) is 0. The van der Waals surface area contributed by atoms with Gasteiger partial charge >= 0.3 is 0 Å². The molecule has 0 aliphatic heterocycles. The van der Waals surface area contributed by atoms with E-state index < -0.39 is 0 Å². The summed E-state index contributed by atoms with van der Waals surface area (Å²) in [5, 5.41) is 0. The summed E-state index contributed by atoms with van der Waals surface area (Å²) in [7, 11) is 4.99. The number of benzene rings is 2. The fourth-order valence-corrected chi connectivity index (χ4v) is 3.42. The summed E-state index contributed by atoms with van der Waals surface area (Å²) in [5.41, 5.74) is 2.32. The second kappa shape index (κ2) is 13.0. The van der Waals surface area contributed by atoms with Gasteiger partial charge in [0, 0.05) is 17.7 Å². The van der Waals surface area contributed by atoms with Crippen molar-refractivity contribution in [1.82, 2.24) is 0 Å². The molecule has 2 rings (SSSR count). The molecule has 4 nitrogen and oxygen atoms in total. The van der Waals surface area contributed by atoms with Gasteiger partial charge in [0.25, 0.3) is 0 Å². The number of unbranched alkanes of at least 4 members (excludes halogenated alkanes) is 5. The highest BCUT2D eigenvalue weighted by atomic mass is 16.5. The van der Waals surface area contributed by atoms with E-state index in [1.165, 1.54) is 37.7 Å². The molecule has 4 heteroatoms. The molecule has 0 spiro atoms. The lowest BCUT2D eigenvalue weighted by Gasteiger charge is -2.15. The second-order valence-electron chi connectivity index (χ2n) is 7.27. The Morgan fingerprint density at radius 1 is 0.655 bits per heavy atom. The third-order valence-corrected chi connectivity index (χ3v) is 5.17. The lowest BCUT2D eigenvalue weighted by atomic mass is 10.0. The summed E-state index contributed by atoms with van der Waals surface area (Å²) in [6, 6.07) is 12.2. The van der Waals surface area contributed by atoms with Crippen LogP contribution in [0.15, 0.2) is 36.4 Å². The highest BCUT2D eigenvalue weighted by Crippen LogP contribution is 2.35. The van der Waals surface area contributed by atoms with Crippen molar-refractivity contribution >= 4 is 0 Å². The quantitative estimate of drug-likeness (QED) is 0.352. The number of methoxy groups -OCH3 is 3. The molecular weight excluding hydrogens is 364 g/mol. The number of hydrogen-bond acceptors (Lipinski definition) is 4. The smallest absolute Gasteiger partial charge is 0.129 e. The van der Waals surface area contributed by atoms with Gasteiger partial charge in [0.15, 0.2) is 0 Å². The molecule has 0 atom stereocenters. The first-order valence-electron chi connectivity index (χ1n) is 10.7. The van der Waals surface area contributed by atoms with Gasteiger partial charge in [0.05, 0.1) is 27.9 Å². The highest BCUT2D eigenvalue weighted by molar-refractivity contribution is 5.51. The molecule has 2 aromatic rings. The van der Waals surface area contributed by atoms with E-state index in [4.69, 9.17) is 18.9 Å². The summed E-state index contributed by atoms with van der Waals surface area (Å²) < 4.78 is 22.3. The Bertz CT molecular complexity index is 684. The van der Waals surface area contributed by atoms with Crippen LogP contribution >= 0.6 is 0 Å². The van der Waals surface area contributed by atoms with Gasteiger partial charge in [-0.05, 0) is 37.0 Å². The van der Waals surface area contributed by atoms with E-state index in [2.05, 4.69) is 31.2 Å². The maximum absolute atomic E-state index is 5.87. The average Bonchev–Trinajstić information content (AvgIpc) is 2.77. The van der Waals surface area contributed by atoms with E-state index in [9.17, 15) is 0 Å². The van der Waals surface area contributed by atoms with Crippen LogP contribution in [0.5, 0.6) is 23.0 Å². The van der Waals surface area contributed by atoms with Gasteiger partial charge < -0.3 is 18.9 Å². The molecule has 0 radical (unpaired) electrons. The van der Waals surface area contributed by atoms with Gasteiger partial charge in [-0.15, -0.1) is 0 Å². The van der Waals surface area contributed by atoms with Gasteiger partial charge in [-0.1, -0.05) is 51.2 Å². The zero-order valence-electron chi connectivity index (χ0n) is 18.5. The molecule has 0 aliphatic rings. The van der Waals surface area contributed by atoms with Crippen LogP contribution in [-0.2, 0) is 12.8 Å². The van der Waals surface area contributed by atoms with Gasteiger partial charge in [-0.2, -0.15) is 0 Å². The molecule has 0 aliphatic carbocycles. The third kappa shape index (κ3) is 7.52. The van der Waals surface area contributed by atoms with Crippen LogP contribution in [0.3, 0.4) is 0 Å². The Labute approximate surface area is 176 Å². The van der Waals surface area contributed by atoms with Gasteiger partial charge in [-0.3, -0.25) is 0 Å². The van der Waals surface area contributed by atoms with E-state index in [-0.39, 0.29) is 0 Å². The Morgan fingerprint density at radius 3 is 1.86 bits per heavy atom. The molecular formula is C25H36O4. The molecule has 0 saturated carbocycles. The molecule has 0 saturated heterocycles. The van der Waals surface area contributed by atoms with Gasteiger partial charge in [0.2, 0.25) is 0 Å². The fraction of sp³-hybridized carbons (Fsp3) is 0.520. The lowest BCUT2D eigenvalue weighted by molar-refractivity contribution is 0.304. The molecule has 0 heterocycles. The van der Waals surface area contributed by atoms with Crippen LogP contribution in [0.4, 0.5) is 0 Å². The predicted molar refractivity (Wildman–Crippen MR) is 119 cm³/mol.